The van der Waals surface area contributed by atoms with E-state index in [9.17, 15) is 0 Å². The molecule has 14 heavy (non-hydrogen) atoms. The topological polar surface area (TPSA) is 24.9 Å². The highest BCUT2D eigenvalue weighted by atomic mass is 32.1. The van der Waals surface area contributed by atoms with Crippen molar-refractivity contribution in [2.75, 3.05) is 0 Å². The molecule has 0 amide bonds. The minimum atomic E-state index is 0.196. The van der Waals surface area contributed by atoms with Crippen LogP contribution in [0.5, 0.6) is 0 Å². The van der Waals surface area contributed by atoms with Gasteiger partial charge < -0.3 is 0 Å². The fourth-order valence-corrected chi connectivity index (χ4v) is 1.97. The van der Waals surface area contributed by atoms with Gasteiger partial charge in [0.05, 0.1) is 17.2 Å². The molecule has 0 fully saturated rings. The lowest BCUT2D eigenvalue weighted by Gasteiger charge is -2.10. The van der Waals surface area contributed by atoms with Crippen molar-refractivity contribution in [1.29, 1.82) is 0 Å². The second-order valence-electron chi connectivity index (χ2n) is 3.25. The van der Waals surface area contributed by atoms with Crippen LogP contribution in [0.2, 0.25) is 0 Å². The Bertz CT molecular complexity index is 311. The van der Waals surface area contributed by atoms with E-state index in [4.69, 9.17) is 6.42 Å². The molecule has 0 spiro atoms. The first kappa shape index (κ1) is 11.2. The lowest BCUT2D eigenvalue weighted by molar-refractivity contribution is 0.565. The van der Waals surface area contributed by atoms with Gasteiger partial charge in [0.2, 0.25) is 0 Å². The molecule has 1 aromatic heterocycles. The van der Waals surface area contributed by atoms with Crippen molar-refractivity contribution in [3.8, 4) is 12.3 Å². The molecule has 1 rings (SSSR count). The number of nitrogens with one attached hydrogen (secondary N) is 1. The maximum Gasteiger partial charge on any atom is 0.0798 e. The zero-order valence-electron chi connectivity index (χ0n) is 8.71. The maximum absolute atomic E-state index is 5.41. The Hall–Kier alpha value is -0.850. The summed E-state index contributed by atoms with van der Waals surface area (Å²) in [4.78, 5) is 5.47. The number of hydrogen-bond donors (Lipinski definition) is 1. The van der Waals surface area contributed by atoms with Crippen molar-refractivity contribution in [1.82, 2.24) is 10.3 Å². The number of aryl methyl sites for hydroxylation is 1. The van der Waals surface area contributed by atoms with Crippen molar-refractivity contribution < 1.29 is 0 Å². The highest BCUT2D eigenvalue weighted by molar-refractivity contribution is 7.09. The molecule has 0 radical (unpaired) electrons. The minimum Gasteiger partial charge on any atom is -0.299 e. The summed E-state index contributed by atoms with van der Waals surface area (Å²) in [6.07, 6.45) is 7.56. The summed E-state index contributed by atoms with van der Waals surface area (Å²) in [5.74, 6) is 2.76. The summed E-state index contributed by atoms with van der Waals surface area (Å²) in [7, 11) is 0. The van der Waals surface area contributed by atoms with Gasteiger partial charge in [-0.1, -0.05) is 19.3 Å². The van der Waals surface area contributed by atoms with Crippen LogP contribution in [0.3, 0.4) is 0 Å². The van der Waals surface area contributed by atoms with Crippen LogP contribution in [0.1, 0.15) is 30.3 Å². The molecule has 0 aliphatic rings. The predicted octanol–water partition coefficient (Wildman–Crippen LogP) is 2.34. The van der Waals surface area contributed by atoms with Gasteiger partial charge in [-0.05, 0) is 13.3 Å². The van der Waals surface area contributed by atoms with Gasteiger partial charge in [0, 0.05) is 11.4 Å². The van der Waals surface area contributed by atoms with Gasteiger partial charge in [0.25, 0.3) is 0 Å². The SMILES string of the molecule is C#CC(CCC)NCc1scnc1C. The number of hydrogen-bond acceptors (Lipinski definition) is 3. The van der Waals surface area contributed by atoms with Crippen LogP contribution in [0.4, 0.5) is 0 Å². The Morgan fingerprint density at radius 1 is 1.71 bits per heavy atom. The molecular weight excluding hydrogens is 192 g/mol. The summed E-state index contributed by atoms with van der Waals surface area (Å²) >= 11 is 1.68. The van der Waals surface area contributed by atoms with E-state index in [0.29, 0.717) is 0 Å². The molecular formula is C11H16N2S. The maximum atomic E-state index is 5.41. The molecule has 1 heterocycles. The minimum absolute atomic E-state index is 0.196. The average molecular weight is 208 g/mol. The van der Waals surface area contributed by atoms with E-state index in [1.807, 2.05) is 12.4 Å². The third-order valence-corrected chi connectivity index (χ3v) is 3.07. The number of nitrogens with zero attached hydrogens (tertiary/aromatic N) is 1. The molecule has 0 saturated heterocycles. The first-order valence-electron chi connectivity index (χ1n) is 4.86. The number of aromatic nitrogens is 1. The number of rotatable bonds is 5. The first-order chi connectivity index (χ1) is 6.77. The average Bonchev–Trinajstić information content (AvgIpc) is 2.59. The lowest BCUT2D eigenvalue weighted by Crippen LogP contribution is -2.26. The van der Waals surface area contributed by atoms with Gasteiger partial charge in [-0.2, -0.15) is 0 Å². The van der Waals surface area contributed by atoms with Gasteiger partial charge in [-0.15, -0.1) is 17.8 Å². The van der Waals surface area contributed by atoms with E-state index in [0.717, 1.165) is 25.1 Å². The number of terminal acetylenes is 1. The van der Waals surface area contributed by atoms with Gasteiger partial charge in [-0.3, -0.25) is 5.32 Å². The Labute approximate surface area is 89.8 Å². The van der Waals surface area contributed by atoms with E-state index >= 15 is 0 Å². The third-order valence-electron chi connectivity index (χ3n) is 2.13. The van der Waals surface area contributed by atoms with Crippen LogP contribution in [-0.2, 0) is 6.54 Å². The van der Waals surface area contributed by atoms with Crippen LogP contribution in [0.25, 0.3) is 0 Å². The van der Waals surface area contributed by atoms with E-state index in [2.05, 4.69) is 23.1 Å². The zero-order chi connectivity index (χ0) is 10.4. The fourth-order valence-electron chi connectivity index (χ4n) is 1.24. The van der Waals surface area contributed by atoms with Crippen LogP contribution in [0, 0.1) is 19.3 Å². The zero-order valence-corrected chi connectivity index (χ0v) is 9.53. The largest absolute Gasteiger partial charge is 0.299 e. The van der Waals surface area contributed by atoms with Gasteiger partial charge >= 0.3 is 0 Å². The molecule has 2 nitrogen and oxygen atoms in total. The Morgan fingerprint density at radius 2 is 2.50 bits per heavy atom. The first-order valence-corrected chi connectivity index (χ1v) is 5.74. The molecule has 0 bridgehead atoms. The summed E-state index contributed by atoms with van der Waals surface area (Å²) in [6.45, 7) is 5.01. The van der Waals surface area contributed by atoms with Crippen molar-refractivity contribution in [3.63, 3.8) is 0 Å². The van der Waals surface area contributed by atoms with Crippen LogP contribution >= 0.6 is 11.3 Å². The second kappa shape index (κ2) is 5.79. The molecule has 1 unspecified atom stereocenters. The molecule has 0 aliphatic carbocycles. The fraction of sp³-hybridized carbons (Fsp3) is 0.545. The normalized spacial score (nSPS) is 12.4. The van der Waals surface area contributed by atoms with Crippen molar-refractivity contribution in [3.05, 3.63) is 16.1 Å². The predicted molar refractivity (Wildman–Crippen MR) is 61.2 cm³/mol. The standard InChI is InChI=1S/C11H16N2S/c1-4-6-10(5-2)12-7-11-9(3)13-8-14-11/h2,8,10,12H,4,6-7H2,1,3H3. The smallest absolute Gasteiger partial charge is 0.0798 e. The van der Waals surface area contributed by atoms with E-state index in [-0.39, 0.29) is 6.04 Å². The molecule has 1 aromatic rings. The van der Waals surface area contributed by atoms with E-state index < -0.39 is 0 Å². The van der Waals surface area contributed by atoms with Gasteiger partial charge in [0.15, 0.2) is 0 Å². The molecule has 1 atom stereocenters. The number of thiazole rings is 1. The van der Waals surface area contributed by atoms with Crippen molar-refractivity contribution >= 4 is 11.3 Å². The molecule has 0 aromatic carbocycles. The summed E-state index contributed by atoms with van der Waals surface area (Å²) in [6, 6.07) is 0.196. The van der Waals surface area contributed by atoms with Crippen LogP contribution in [0.15, 0.2) is 5.51 Å². The highest BCUT2D eigenvalue weighted by Crippen LogP contribution is 2.11. The molecule has 0 saturated carbocycles. The molecule has 76 valence electrons. The molecule has 1 N–H and O–H groups in total. The quantitative estimate of drug-likeness (QED) is 0.751. The lowest BCUT2D eigenvalue weighted by atomic mass is 10.2. The third kappa shape index (κ3) is 3.13. The second-order valence-corrected chi connectivity index (χ2v) is 4.19. The summed E-state index contributed by atoms with van der Waals surface area (Å²) < 4.78 is 0. The van der Waals surface area contributed by atoms with Crippen LogP contribution < -0.4 is 5.32 Å². The van der Waals surface area contributed by atoms with Crippen molar-refractivity contribution in [2.45, 2.75) is 39.3 Å². The molecule has 3 heteroatoms. The summed E-state index contributed by atoms with van der Waals surface area (Å²) in [5, 5.41) is 3.35. The van der Waals surface area contributed by atoms with E-state index in [1.54, 1.807) is 11.3 Å². The van der Waals surface area contributed by atoms with Crippen molar-refractivity contribution in [2.24, 2.45) is 0 Å². The summed E-state index contributed by atoms with van der Waals surface area (Å²) in [5.41, 5.74) is 2.98. The monoisotopic (exact) mass is 208 g/mol. The van der Waals surface area contributed by atoms with Crippen LogP contribution in [-0.4, -0.2) is 11.0 Å². The van der Waals surface area contributed by atoms with Gasteiger partial charge in [-0.25, -0.2) is 4.98 Å². The Balaban J connectivity index is 2.40. The van der Waals surface area contributed by atoms with Gasteiger partial charge in [0.1, 0.15) is 0 Å². The Kier molecular flexibility index (Phi) is 4.64. The van der Waals surface area contributed by atoms with E-state index in [1.165, 1.54) is 4.88 Å². The molecule has 0 aliphatic heterocycles. The highest BCUT2D eigenvalue weighted by Gasteiger charge is 2.05. The Morgan fingerprint density at radius 3 is 3.00 bits per heavy atom.